The molecule has 3 heterocycles. The minimum atomic E-state index is -1.49. The SMILES string of the molecule is O=C1C2=C(CCN(Cc3ccc(F)c(F)c3F)C2)N2CCN=C2N1Cc1ccc(F)cc1. The van der Waals surface area contributed by atoms with Gasteiger partial charge in [-0.1, -0.05) is 18.2 Å². The van der Waals surface area contributed by atoms with Gasteiger partial charge in [0.1, 0.15) is 5.82 Å². The van der Waals surface area contributed by atoms with Crippen LogP contribution in [0.4, 0.5) is 17.6 Å². The maximum absolute atomic E-state index is 14.2. The maximum Gasteiger partial charge on any atom is 0.259 e. The molecule has 0 bridgehead atoms. The van der Waals surface area contributed by atoms with Crippen molar-refractivity contribution >= 4 is 11.9 Å². The molecule has 166 valence electrons. The number of hydrogen-bond donors (Lipinski definition) is 0. The average Bonchev–Trinajstić information content (AvgIpc) is 3.28. The summed E-state index contributed by atoms with van der Waals surface area (Å²) in [4.78, 5) is 23.4. The van der Waals surface area contributed by atoms with Crippen LogP contribution in [0.5, 0.6) is 0 Å². The van der Waals surface area contributed by atoms with Crippen molar-refractivity contribution in [2.24, 2.45) is 4.99 Å². The van der Waals surface area contributed by atoms with Crippen LogP contribution in [-0.2, 0) is 17.9 Å². The number of guanidine groups is 1. The molecule has 2 aromatic carbocycles. The van der Waals surface area contributed by atoms with Crippen molar-refractivity contribution in [1.29, 1.82) is 0 Å². The molecule has 0 saturated carbocycles. The van der Waals surface area contributed by atoms with Crippen LogP contribution in [0, 0.1) is 23.3 Å². The molecule has 0 unspecified atom stereocenters. The zero-order chi connectivity index (χ0) is 22.4. The second kappa shape index (κ2) is 8.05. The summed E-state index contributed by atoms with van der Waals surface area (Å²) >= 11 is 0. The Morgan fingerprint density at radius 3 is 2.47 bits per heavy atom. The molecule has 2 aromatic rings. The highest BCUT2D eigenvalue weighted by molar-refractivity contribution is 6.09. The number of rotatable bonds is 4. The number of hydrogen-bond acceptors (Lipinski definition) is 4. The Morgan fingerprint density at radius 2 is 1.69 bits per heavy atom. The van der Waals surface area contributed by atoms with Crippen LogP contribution in [0.1, 0.15) is 17.5 Å². The molecule has 0 saturated heterocycles. The van der Waals surface area contributed by atoms with E-state index in [9.17, 15) is 22.4 Å². The predicted octanol–water partition coefficient (Wildman–Crippen LogP) is 3.42. The number of amides is 1. The monoisotopic (exact) mass is 444 g/mol. The normalized spacial score (nSPS) is 18.8. The van der Waals surface area contributed by atoms with Crippen LogP contribution < -0.4 is 0 Å². The summed E-state index contributed by atoms with van der Waals surface area (Å²) in [5.74, 6) is -3.87. The van der Waals surface area contributed by atoms with Crippen molar-refractivity contribution in [3.8, 4) is 0 Å². The van der Waals surface area contributed by atoms with Gasteiger partial charge in [-0.05, 0) is 23.8 Å². The molecular formula is C23H20F4N4O. The molecule has 5 nitrogen and oxygen atoms in total. The highest BCUT2D eigenvalue weighted by atomic mass is 19.2. The van der Waals surface area contributed by atoms with E-state index in [1.165, 1.54) is 18.2 Å². The first kappa shape index (κ1) is 20.7. The van der Waals surface area contributed by atoms with Gasteiger partial charge in [-0.25, -0.2) is 17.6 Å². The second-order valence-corrected chi connectivity index (χ2v) is 8.07. The van der Waals surface area contributed by atoms with Gasteiger partial charge in [0.25, 0.3) is 5.91 Å². The minimum Gasteiger partial charge on any atom is -0.314 e. The topological polar surface area (TPSA) is 39.2 Å². The van der Waals surface area contributed by atoms with Gasteiger partial charge in [0.15, 0.2) is 17.5 Å². The Balaban J connectivity index is 1.40. The van der Waals surface area contributed by atoms with E-state index < -0.39 is 17.5 Å². The fraction of sp³-hybridized carbons (Fsp3) is 0.304. The van der Waals surface area contributed by atoms with Gasteiger partial charge < -0.3 is 4.90 Å². The molecule has 1 amide bonds. The molecular weight excluding hydrogens is 424 g/mol. The summed E-state index contributed by atoms with van der Waals surface area (Å²) < 4.78 is 54.3. The van der Waals surface area contributed by atoms with Crippen molar-refractivity contribution in [2.75, 3.05) is 26.2 Å². The summed E-state index contributed by atoms with van der Waals surface area (Å²) in [6.07, 6.45) is 0.565. The van der Waals surface area contributed by atoms with Crippen molar-refractivity contribution in [3.63, 3.8) is 0 Å². The zero-order valence-corrected chi connectivity index (χ0v) is 17.1. The van der Waals surface area contributed by atoms with Crippen LogP contribution in [0.3, 0.4) is 0 Å². The fourth-order valence-corrected chi connectivity index (χ4v) is 4.45. The molecule has 0 aliphatic carbocycles. The van der Waals surface area contributed by atoms with Gasteiger partial charge in [-0.3, -0.25) is 19.6 Å². The average molecular weight is 444 g/mol. The number of carbonyl (C=O) groups excluding carboxylic acids is 1. The largest absolute Gasteiger partial charge is 0.314 e. The number of aliphatic imine (C=N–C) groups is 1. The van der Waals surface area contributed by atoms with E-state index in [1.54, 1.807) is 17.0 Å². The molecule has 0 radical (unpaired) electrons. The molecule has 0 atom stereocenters. The molecule has 0 aromatic heterocycles. The third-order valence-corrected chi connectivity index (χ3v) is 6.05. The molecule has 32 heavy (non-hydrogen) atoms. The summed E-state index contributed by atoms with van der Waals surface area (Å²) in [7, 11) is 0. The molecule has 0 N–H and O–H groups in total. The molecule has 9 heteroatoms. The van der Waals surface area contributed by atoms with Crippen molar-refractivity contribution in [1.82, 2.24) is 14.7 Å². The van der Waals surface area contributed by atoms with Crippen molar-refractivity contribution in [2.45, 2.75) is 19.5 Å². The molecule has 5 rings (SSSR count). The summed E-state index contributed by atoms with van der Waals surface area (Å²) in [5, 5.41) is 0. The maximum atomic E-state index is 14.2. The quantitative estimate of drug-likeness (QED) is 0.536. The van der Waals surface area contributed by atoms with Gasteiger partial charge in [-0.15, -0.1) is 0 Å². The van der Waals surface area contributed by atoms with Gasteiger partial charge in [-0.2, -0.15) is 0 Å². The molecule has 3 aliphatic heterocycles. The molecule has 3 aliphatic rings. The van der Waals surface area contributed by atoms with Crippen LogP contribution in [0.25, 0.3) is 0 Å². The van der Waals surface area contributed by atoms with Gasteiger partial charge >= 0.3 is 0 Å². The van der Waals surface area contributed by atoms with E-state index in [-0.39, 0.29) is 36.9 Å². The van der Waals surface area contributed by atoms with E-state index in [0.717, 1.165) is 17.3 Å². The van der Waals surface area contributed by atoms with Crippen LogP contribution in [0.2, 0.25) is 0 Å². The molecule has 0 fully saturated rings. The zero-order valence-electron chi connectivity index (χ0n) is 17.1. The third kappa shape index (κ3) is 3.56. The lowest BCUT2D eigenvalue weighted by Crippen LogP contribution is -2.53. The summed E-state index contributed by atoms with van der Waals surface area (Å²) in [6.45, 7) is 2.36. The van der Waals surface area contributed by atoms with Gasteiger partial charge in [0, 0.05) is 43.9 Å². The number of nitrogens with zero attached hydrogens (tertiary/aromatic N) is 4. The number of benzene rings is 2. The van der Waals surface area contributed by atoms with Crippen LogP contribution >= 0.6 is 0 Å². The number of carbonyl (C=O) groups is 1. The highest BCUT2D eigenvalue weighted by Crippen LogP contribution is 2.32. The smallest absolute Gasteiger partial charge is 0.259 e. The Kier molecular flexibility index (Phi) is 5.21. The first-order chi connectivity index (χ1) is 15.4. The van der Waals surface area contributed by atoms with Crippen LogP contribution in [-0.4, -0.2) is 52.7 Å². The number of halogens is 4. The van der Waals surface area contributed by atoms with E-state index in [4.69, 9.17) is 0 Å². The Hall–Kier alpha value is -3.20. The Morgan fingerprint density at radius 1 is 0.906 bits per heavy atom. The highest BCUT2D eigenvalue weighted by Gasteiger charge is 2.41. The second-order valence-electron chi connectivity index (χ2n) is 8.07. The Bertz CT molecular complexity index is 1150. The fourth-order valence-electron chi connectivity index (χ4n) is 4.45. The predicted molar refractivity (Wildman–Crippen MR) is 109 cm³/mol. The lowest BCUT2D eigenvalue weighted by molar-refractivity contribution is -0.125. The van der Waals surface area contributed by atoms with E-state index in [0.29, 0.717) is 37.6 Å². The first-order valence-electron chi connectivity index (χ1n) is 10.4. The molecule has 0 spiro atoms. The van der Waals surface area contributed by atoms with E-state index >= 15 is 0 Å². The third-order valence-electron chi connectivity index (χ3n) is 6.05. The number of fused-ring (bicyclic) bond motifs is 2. The summed E-state index contributed by atoms with van der Waals surface area (Å²) in [6, 6.07) is 8.09. The van der Waals surface area contributed by atoms with Gasteiger partial charge in [0.2, 0.25) is 5.96 Å². The van der Waals surface area contributed by atoms with Gasteiger partial charge in [0.05, 0.1) is 18.7 Å². The van der Waals surface area contributed by atoms with Crippen LogP contribution in [0.15, 0.2) is 52.7 Å². The lowest BCUT2D eigenvalue weighted by atomic mass is 10.00. The van der Waals surface area contributed by atoms with E-state index in [2.05, 4.69) is 4.99 Å². The first-order valence-corrected chi connectivity index (χ1v) is 10.4. The summed E-state index contributed by atoms with van der Waals surface area (Å²) in [5.41, 5.74) is 2.31. The van der Waals surface area contributed by atoms with E-state index in [1.807, 2.05) is 9.80 Å². The minimum absolute atomic E-state index is 0.0443. The standard InChI is InChI=1S/C23H20F4N4O/c24-16-4-1-14(2-5-16)11-31-22(32)17-13-29(9-7-19(17)30-10-8-28-23(30)31)12-15-3-6-18(25)21(27)20(15)26/h1-6H,7-13H2. The Labute approximate surface area is 182 Å². The van der Waals surface area contributed by atoms with Crippen molar-refractivity contribution < 1.29 is 22.4 Å². The van der Waals surface area contributed by atoms with Crippen molar-refractivity contribution in [3.05, 3.63) is 82.1 Å². The lowest BCUT2D eigenvalue weighted by Gasteiger charge is -2.42.